The summed E-state index contributed by atoms with van der Waals surface area (Å²) in [6, 6.07) is 17.4. The van der Waals surface area contributed by atoms with Gasteiger partial charge in [-0.05, 0) is 61.0 Å². The Labute approximate surface area is 191 Å². The third-order valence-corrected chi connectivity index (χ3v) is 5.28. The van der Waals surface area contributed by atoms with E-state index in [9.17, 15) is 22.4 Å². The van der Waals surface area contributed by atoms with Crippen molar-refractivity contribution in [2.75, 3.05) is 5.32 Å². The van der Waals surface area contributed by atoms with Gasteiger partial charge in [0.1, 0.15) is 5.82 Å². The van der Waals surface area contributed by atoms with E-state index < -0.39 is 23.6 Å². The van der Waals surface area contributed by atoms with Crippen LogP contribution < -0.4 is 5.32 Å². The van der Waals surface area contributed by atoms with Crippen LogP contribution in [-0.4, -0.2) is 15.7 Å². The topological polar surface area (TPSA) is 46.9 Å². The second kappa shape index (κ2) is 8.71. The third kappa shape index (κ3) is 4.75. The van der Waals surface area contributed by atoms with Gasteiger partial charge >= 0.3 is 6.18 Å². The lowest BCUT2D eigenvalue weighted by atomic mass is 10.1. The fraction of sp³-hybridized carbons (Fsp3) is 0.0833. The number of benzene rings is 3. The van der Waals surface area contributed by atoms with Gasteiger partial charge in [0.2, 0.25) is 0 Å². The molecule has 0 aliphatic rings. The molecule has 0 atom stereocenters. The van der Waals surface area contributed by atoms with Crippen molar-refractivity contribution in [1.82, 2.24) is 9.78 Å². The lowest BCUT2D eigenvalue weighted by molar-refractivity contribution is -0.141. The molecule has 168 valence electrons. The highest BCUT2D eigenvalue weighted by Crippen LogP contribution is 2.34. The molecule has 0 aliphatic heterocycles. The van der Waals surface area contributed by atoms with Crippen LogP contribution in [0.4, 0.5) is 23.2 Å². The van der Waals surface area contributed by atoms with Crippen LogP contribution in [0.25, 0.3) is 16.9 Å². The van der Waals surface area contributed by atoms with Crippen LogP contribution in [-0.2, 0) is 6.18 Å². The van der Waals surface area contributed by atoms with Crippen LogP contribution in [0.3, 0.4) is 0 Å². The highest BCUT2D eigenvalue weighted by molar-refractivity contribution is 6.32. The Hall–Kier alpha value is -3.65. The van der Waals surface area contributed by atoms with Crippen LogP contribution >= 0.6 is 11.6 Å². The van der Waals surface area contributed by atoms with Gasteiger partial charge in [0.05, 0.1) is 16.4 Å². The smallest absolute Gasteiger partial charge is 0.322 e. The van der Waals surface area contributed by atoms with Gasteiger partial charge in [-0.15, -0.1) is 0 Å². The quantitative estimate of drug-likeness (QED) is 0.327. The number of alkyl halides is 3. The summed E-state index contributed by atoms with van der Waals surface area (Å²) in [6.45, 7) is 1.66. The largest absolute Gasteiger partial charge is 0.435 e. The van der Waals surface area contributed by atoms with Crippen molar-refractivity contribution in [3.8, 4) is 16.9 Å². The van der Waals surface area contributed by atoms with Gasteiger partial charge in [-0.3, -0.25) is 4.79 Å². The maximum absolute atomic E-state index is 13.4. The molecule has 0 saturated carbocycles. The number of carbonyl (C=O) groups excluding carboxylic acids is 1. The average Bonchev–Trinajstić information content (AvgIpc) is 3.22. The summed E-state index contributed by atoms with van der Waals surface area (Å²) in [5, 5.41) is 6.65. The van der Waals surface area contributed by atoms with Gasteiger partial charge in [-0.1, -0.05) is 35.9 Å². The van der Waals surface area contributed by atoms with Crippen molar-refractivity contribution in [2.45, 2.75) is 13.1 Å². The van der Waals surface area contributed by atoms with Gasteiger partial charge in [-0.2, -0.15) is 18.3 Å². The Kier molecular flexibility index (Phi) is 5.95. The molecular weight excluding hydrogens is 458 g/mol. The molecule has 0 aliphatic carbocycles. The molecule has 1 N–H and O–H groups in total. The number of halogens is 5. The number of para-hydroxylation sites is 1. The molecule has 0 unspecified atom stereocenters. The van der Waals surface area contributed by atoms with E-state index in [1.165, 1.54) is 42.5 Å². The standard InChI is InChI=1S/C24H16ClF4N3O/c1-14-12-17(26)10-11-19(14)30-23(33)16-8-6-15(7-9-16)21-13-22(24(27,28)29)31-32(21)20-5-3-2-4-18(20)25/h2-13H,1H3,(H,30,33). The van der Waals surface area contributed by atoms with Gasteiger partial charge in [-0.25, -0.2) is 9.07 Å². The predicted octanol–water partition coefficient (Wildman–Crippen LogP) is 6.91. The number of rotatable bonds is 4. The highest BCUT2D eigenvalue weighted by Gasteiger charge is 2.35. The molecule has 4 rings (SSSR count). The van der Waals surface area contributed by atoms with Crippen LogP contribution in [0.15, 0.2) is 72.8 Å². The van der Waals surface area contributed by atoms with Crippen molar-refractivity contribution < 1.29 is 22.4 Å². The monoisotopic (exact) mass is 473 g/mol. The molecule has 4 nitrogen and oxygen atoms in total. The summed E-state index contributed by atoms with van der Waals surface area (Å²) < 4.78 is 54.5. The van der Waals surface area contributed by atoms with E-state index >= 15 is 0 Å². The predicted molar refractivity (Wildman–Crippen MR) is 118 cm³/mol. The van der Waals surface area contributed by atoms with Gasteiger partial charge in [0, 0.05) is 16.8 Å². The molecule has 0 fully saturated rings. The normalized spacial score (nSPS) is 11.5. The zero-order chi connectivity index (χ0) is 23.8. The first kappa shape index (κ1) is 22.5. The Morgan fingerprint density at radius 2 is 1.70 bits per heavy atom. The van der Waals surface area contributed by atoms with Crippen molar-refractivity contribution in [3.05, 3.63) is 100 Å². The van der Waals surface area contributed by atoms with Gasteiger partial charge < -0.3 is 5.32 Å². The summed E-state index contributed by atoms with van der Waals surface area (Å²) in [4.78, 5) is 12.6. The summed E-state index contributed by atoms with van der Waals surface area (Å²) in [5.41, 5.74) is 1.09. The number of hydrogen-bond acceptors (Lipinski definition) is 2. The maximum Gasteiger partial charge on any atom is 0.435 e. The number of anilines is 1. The second-order valence-corrected chi connectivity index (χ2v) is 7.67. The number of hydrogen-bond donors (Lipinski definition) is 1. The van der Waals surface area contributed by atoms with Crippen LogP contribution in [0.2, 0.25) is 5.02 Å². The molecule has 1 aromatic heterocycles. The fourth-order valence-electron chi connectivity index (χ4n) is 3.29. The van der Waals surface area contributed by atoms with Crippen molar-refractivity contribution in [2.24, 2.45) is 0 Å². The summed E-state index contributed by atoms with van der Waals surface area (Å²) in [7, 11) is 0. The molecular formula is C24H16ClF4N3O. The van der Waals surface area contributed by atoms with Crippen molar-refractivity contribution >= 4 is 23.2 Å². The molecule has 0 radical (unpaired) electrons. The molecule has 0 spiro atoms. The number of nitrogens with zero attached hydrogens (tertiary/aromatic N) is 2. The Morgan fingerprint density at radius 1 is 1.00 bits per heavy atom. The van der Waals surface area contributed by atoms with E-state index in [1.54, 1.807) is 31.2 Å². The van der Waals surface area contributed by atoms with Crippen molar-refractivity contribution in [3.63, 3.8) is 0 Å². The Morgan fingerprint density at radius 3 is 2.33 bits per heavy atom. The number of aromatic nitrogens is 2. The first-order valence-electron chi connectivity index (χ1n) is 9.73. The van der Waals surface area contributed by atoms with Crippen LogP contribution in [0, 0.1) is 12.7 Å². The van der Waals surface area contributed by atoms with Gasteiger partial charge in [0.25, 0.3) is 5.91 Å². The number of amides is 1. The number of nitrogens with one attached hydrogen (secondary N) is 1. The zero-order valence-electron chi connectivity index (χ0n) is 17.1. The summed E-state index contributed by atoms with van der Waals surface area (Å²) in [6.07, 6.45) is -4.64. The zero-order valence-corrected chi connectivity index (χ0v) is 17.9. The van der Waals surface area contributed by atoms with Crippen LogP contribution in [0.5, 0.6) is 0 Å². The molecule has 0 saturated heterocycles. The first-order valence-corrected chi connectivity index (χ1v) is 10.1. The van der Waals surface area contributed by atoms with Crippen molar-refractivity contribution in [1.29, 1.82) is 0 Å². The molecule has 9 heteroatoms. The third-order valence-electron chi connectivity index (χ3n) is 4.96. The highest BCUT2D eigenvalue weighted by atomic mass is 35.5. The first-order chi connectivity index (χ1) is 15.6. The molecule has 33 heavy (non-hydrogen) atoms. The molecule has 4 aromatic rings. The SMILES string of the molecule is Cc1cc(F)ccc1NC(=O)c1ccc(-c2cc(C(F)(F)F)nn2-c2ccccc2Cl)cc1. The number of carbonyl (C=O) groups is 1. The average molecular weight is 474 g/mol. The fourth-order valence-corrected chi connectivity index (χ4v) is 3.50. The number of aryl methyl sites for hydroxylation is 1. The molecule has 0 bridgehead atoms. The minimum atomic E-state index is -4.64. The maximum atomic E-state index is 13.4. The van der Waals surface area contributed by atoms with E-state index in [-0.39, 0.29) is 16.3 Å². The van der Waals surface area contributed by atoms with E-state index in [2.05, 4.69) is 10.4 Å². The van der Waals surface area contributed by atoms with E-state index in [1.807, 2.05) is 0 Å². The van der Waals surface area contributed by atoms with E-state index in [4.69, 9.17) is 11.6 Å². The second-order valence-electron chi connectivity index (χ2n) is 7.27. The van der Waals surface area contributed by atoms with E-state index in [0.717, 1.165) is 10.7 Å². The molecule has 1 amide bonds. The Balaban J connectivity index is 1.68. The van der Waals surface area contributed by atoms with Crippen LogP contribution in [0.1, 0.15) is 21.6 Å². The summed E-state index contributed by atoms with van der Waals surface area (Å²) in [5.74, 6) is -0.852. The summed E-state index contributed by atoms with van der Waals surface area (Å²) >= 11 is 6.19. The lowest BCUT2D eigenvalue weighted by Gasteiger charge is -2.11. The minimum absolute atomic E-state index is 0.164. The molecule has 3 aromatic carbocycles. The Bertz CT molecular complexity index is 1330. The van der Waals surface area contributed by atoms with Gasteiger partial charge in [0.15, 0.2) is 5.69 Å². The minimum Gasteiger partial charge on any atom is -0.322 e. The van der Waals surface area contributed by atoms with E-state index in [0.29, 0.717) is 22.5 Å². The molecule has 1 heterocycles. The lowest BCUT2D eigenvalue weighted by Crippen LogP contribution is -2.12.